The van der Waals surface area contributed by atoms with Crippen LogP contribution in [-0.2, 0) is 13.1 Å². The molecule has 4 heteroatoms. The van der Waals surface area contributed by atoms with E-state index in [1.54, 1.807) is 12.1 Å². The molecule has 1 N–H and O–H groups in total. The van der Waals surface area contributed by atoms with E-state index in [1.807, 2.05) is 12.1 Å². The molecule has 0 aromatic heterocycles. The molecule has 3 nitrogen and oxygen atoms in total. The highest BCUT2D eigenvalue weighted by molar-refractivity contribution is 5.17. The Kier molecular flexibility index (Phi) is 5.96. The van der Waals surface area contributed by atoms with Gasteiger partial charge in [-0.2, -0.15) is 0 Å². The zero-order chi connectivity index (χ0) is 16.8. The molecule has 1 aliphatic rings. The van der Waals surface area contributed by atoms with Gasteiger partial charge >= 0.3 is 0 Å². The average Bonchev–Trinajstić information content (AvgIpc) is 2.58. The number of benzene rings is 2. The highest BCUT2D eigenvalue weighted by Gasteiger charge is 2.26. The van der Waals surface area contributed by atoms with Gasteiger partial charge in [-0.1, -0.05) is 42.5 Å². The zero-order valence-corrected chi connectivity index (χ0v) is 13.9. The third-order valence-corrected chi connectivity index (χ3v) is 4.67. The summed E-state index contributed by atoms with van der Waals surface area (Å²) < 4.78 is 13.4. The van der Waals surface area contributed by atoms with Gasteiger partial charge in [0, 0.05) is 45.4 Å². The first kappa shape index (κ1) is 17.1. The number of hydrogen-bond donors (Lipinski definition) is 1. The molecule has 0 aliphatic carbocycles. The van der Waals surface area contributed by atoms with Crippen LogP contribution in [0, 0.1) is 5.82 Å². The fourth-order valence-electron chi connectivity index (χ4n) is 3.44. The summed E-state index contributed by atoms with van der Waals surface area (Å²) in [5, 5.41) is 9.42. The summed E-state index contributed by atoms with van der Waals surface area (Å²) in [7, 11) is 0. The smallest absolute Gasteiger partial charge is 0.123 e. The number of rotatable bonds is 6. The van der Waals surface area contributed by atoms with Crippen molar-refractivity contribution in [3.8, 4) is 0 Å². The number of halogens is 1. The van der Waals surface area contributed by atoms with Gasteiger partial charge in [-0.15, -0.1) is 0 Å². The van der Waals surface area contributed by atoms with Crippen molar-refractivity contribution in [2.24, 2.45) is 0 Å². The van der Waals surface area contributed by atoms with Gasteiger partial charge < -0.3 is 5.11 Å². The van der Waals surface area contributed by atoms with Crippen LogP contribution in [0.5, 0.6) is 0 Å². The quantitative estimate of drug-likeness (QED) is 0.883. The van der Waals surface area contributed by atoms with Gasteiger partial charge in [0.2, 0.25) is 0 Å². The van der Waals surface area contributed by atoms with E-state index in [1.165, 1.54) is 11.6 Å². The van der Waals surface area contributed by atoms with Crippen molar-refractivity contribution in [3.05, 3.63) is 71.5 Å². The third kappa shape index (κ3) is 4.63. The Hall–Kier alpha value is -1.75. The molecule has 24 heavy (non-hydrogen) atoms. The molecule has 0 saturated carbocycles. The first-order valence-corrected chi connectivity index (χ1v) is 8.60. The van der Waals surface area contributed by atoms with Crippen molar-refractivity contribution >= 4 is 0 Å². The van der Waals surface area contributed by atoms with Gasteiger partial charge in [0.15, 0.2) is 0 Å². The van der Waals surface area contributed by atoms with Crippen LogP contribution >= 0.6 is 0 Å². The van der Waals surface area contributed by atoms with Crippen LogP contribution in [0.25, 0.3) is 0 Å². The van der Waals surface area contributed by atoms with Crippen LogP contribution in [0.3, 0.4) is 0 Å². The van der Waals surface area contributed by atoms with E-state index in [0.29, 0.717) is 6.04 Å². The normalized spacial score (nSPS) is 19.5. The van der Waals surface area contributed by atoms with E-state index in [0.717, 1.165) is 44.7 Å². The molecule has 1 fully saturated rings. The molecule has 1 atom stereocenters. The second-order valence-electron chi connectivity index (χ2n) is 6.49. The molecule has 128 valence electrons. The van der Waals surface area contributed by atoms with Crippen molar-refractivity contribution in [2.75, 3.05) is 26.2 Å². The lowest BCUT2D eigenvalue weighted by atomic mass is 10.1. The molecule has 0 amide bonds. The molecular weight excluding hydrogens is 303 g/mol. The standard InChI is InChI=1S/C20H25FN2O/c21-19-8-4-7-18(13-19)14-22-10-11-23(20(16-22)9-12-24)15-17-5-2-1-3-6-17/h1-8,13,20,24H,9-12,14-16H2. The van der Waals surface area contributed by atoms with Crippen LogP contribution in [0.15, 0.2) is 54.6 Å². The predicted molar refractivity (Wildman–Crippen MR) is 94.0 cm³/mol. The summed E-state index contributed by atoms with van der Waals surface area (Å²) in [5.41, 5.74) is 2.31. The van der Waals surface area contributed by atoms with Crippen LogP contribution < -0.4 is 0 Å². The highest BCUT2D eigenvalue weighted by atomic mass is 19.1. The maximum Gasteiger partial charge on any atom is 0.123 e. The maximum atomic E-state index is 13.4. The van der Waals surface area contributed by atoms with Crippen molar-refractivity contribution in [3.63, 3.8) is 0 Å². The van der Waals surface area contributed by atoms with Crippen molar-refractivity contribution in [1.82, 2.24) is 9.80 Å². The second-order valence-corrected chi connectivity index (χ2v) is 6.49. The lowest BCUT2D eigenvalue weighted by Crippen LogP contribution is -2.52. The minimum absolute atomic E-state index is 0.179. The number of piperazine rings is 1. The van der Waals surface area contributed by atoms with E-state index in [9.17, 15) is 9.50 Å². The summed E-state index contributed by atoms with van der Waals surface area (Å²) >= 11 is 0. The van der Waals surface area contributed by atoms with Crippen molar-refractivity contribution in [1.29, 1.82) is 0 Å². The average molecular weight is 328 g/mol. The molecule has 1 aliphatic heterocycles. The minimum Gasteiger partial charge on any atom is -0.396 e. The molecule has 0 radical (unpaired) electrons. The fourth-order valence-corrected chi connectivity index (χ4v) is 3.44. The Balaban J connectivity index is 1.62. The predicted octanol–water partition coefficient (Wildman–Crippen LogP) is 2.89. The Labute approximate surface area is 143 Å². The van der Waals surface area contributed by atoms with Gasteiger partial charge in [-0.3, -0.25) is 9.80 Å². The van der Waals surface area contributed by atoms with E-state index < -0.39 is 0 Å². The Morgan fingerprint density at radius 2 is 1.75 bits per heavy atom. The van der Waals surface area contributed by atoms with Crippen LogP contribution in [0.2, 0.25) is 0 Å². The van der Waals surface area contributed by atoms with Crippen molar-refractivity contribution in [2.45, 2.75) is 25.6 Å². The van der Waals surface area contributed by atoms with E-state index in [4.69, 9.17) is 0 Å². The van der Waals surface area contributed by atoms with Gasteiger partial charge in [-0.05, 0) is 29.7 Å². The van der Waals surface area contributed by atoms with Crippen LogP contribution in [0.1, 0.15) is 17.5 Å². The summed E-state index contributed by atoms with van der Waals surface area (Å²) in [6.45, 7) is 4.71. The fraction of sp³-hybridized carbons (Fsp3) is 0.400. The number of nitrogens with zero attached hydrogens (tertiary/aromatic N) is 2. The molecule has 3 rings (SSSR count). The largest absolute Gasteiger partial charge is 0.396 e. The molecule has 1 heterocycles. The molecule has 1 unspecified atom stereocenters. The lowest BCUT2D eigenvalue weighted by molar-refractivity contribution is 0.0499. The van der Waals surface area contributed by atoms with E-state index in [2.05, 4.69) is 34.1 Å². The van der Waals surface area contributed by atoms with Gasteiger partial charge in [-0.25, -0.2) is 4.39 Å². The summed E-state index contributed by atoms with van der Waals surface area (Å²) in [4.78, 5) is 4.81. The van der Waals surface area contributed by atoms with Crippen molar-refractivity contribution < 1.29 is 9.50 Å². The second kappa shape index (κ2) is 8.38. The van der Waals surface area contributed by atoms with Crippen LogP contribution in [0.4, 0.5) is 4.39 Å². The Morgan fingerprint density at radius 1 is 0.958 bits per heavy atom. The highest BCUT2D eigenvalue weighted by Crippen LogP contribution is 2.18. The maximum absolute atomic E-state index is 13.4. The summed E-state index contributed by atoms with van der Waals surface area (Å²) in [6, 6.07) is 17.6. The Bertz CT molecular complexity index is 635. The molecule has 2 aromatic carbocycles. The number of aliphatic hydroxyl groups is 1. The van der Waals surface area contributed by atoms with Gasteiger partial charge in [0.1, 0.15) is 5.82 Å². The summed E-state index contributed by atoms with van der Waals surface area (Å²) in [6.07, 6.45) is 0.770. The lowest BCUT2D eigenvalue weighted by Gasteiger charge is -2.41. The zero-order valence-electron chi connectivity index (χ0n) is 13.9. The molecule has 1 saturated heterocycles. The minimum atomic E-state index is -0.179. The number of hydrogen-bond acceptors (Lipinski definition) is 3. The molecule has 0 spiro atoms. The van der Waals surface area contributed by atoms with Gasteiger partial charge in [0.05, 0.1) is 0 Å². The SMILES string of the molecule is OCCC1CN(Cc2cccc(F)c2)CCN1Cc1ccccc1. The topological polar surface area (TPSA) is 26.7 Å². The third-order valence-electron chi connectivity index (χ3n) is 4.67. The summed E-state index contributed by atoms with van der Waals surface area (Å²) in [5.74, 6) is -0.179. The van der Waals surface area contributed by atoms with E-state index >= 15 is 0 Å². The van der Waals surface area contributed by atoms with E-state index in [-0.39, 0.29) is 12.4 Å². The first-order chi connectivity index (χ1) is 11.7. The molecular formula is C20H25FN2O. The van der Waals surface area contributed by atoms with Crippen LogP contribution in [-0.4, -0.2) is 47.2 Å². The monoisotopic (exact) mass is 328 g/mol. The molecule has 2 aromatic rings. The molecule has 0 bridgehead atoms. The first-order valence-electron chi connectivity index (χ1n) is 8.60. The Morgan fingerprint density at radius 3 is 2.50 bits per heavy atom. The number of aliphatic hydroxyl groups excluding tert-OH is 1. The van der Waals surface area contributed by atoms with Gasteiger partial charge in [0.25, 0.3) is 0 Å².